The Kier molecular flexibility index (Phi) is 6.38. The fourth-order valence-electron chi connectivity index (χ4n) is 3.43. The highest BCUT2D eigenvalue weighted by Crippen LogP contribution is 2.30. The first-order chi connectivity index (χ1) is 15.5. The monoisotopic (exact) mass is 468 g/mol. The van der Waals surface area contributed by atoms with E-state index < -0.39 is 12.1 Å². The lowest BCUT2D eigenvalue weighted by atomic mass is 9.99. The number of carbonyl (C=O) groups is 2. The molecule has 4 N–H and O–H groups in total. The van der Waals surface area contributed by atoms with Gasteiger partial charge in [-0.25, -0.2) is 14.5 Å². The Bertz CT molecular complexity index is 1190. The summed E-state index contributed by atoms with van der Waals surface area (Å²) in [5.74, 6) is -0.361. The third kappa shape index (κ3) is 4.58. The van der Waals surface area contributed by atoms with Gasteiger partial charge in [0.2, 0.25) is 0 Å². The zero-order chi connectivity index (χ0) is 22.7. The molecule has 0 saturated carbocycles. The number of nitrogens with zero attached hydrogens (tertiary/aromatic N) is 2. The summed E-state index contributed by atoms with van der Waals surface area (Å²) < 4.78 is 1.77. The number of hydrogen-bond donors (Lipinski definition) is 4. The summed E-state index contributed by atoms with van der Waals surface area (Å²) in [6.07, 6.45) is 3.56. The molecule has 1 aliphatic rings. The van der Waals surface area contributed by atoms with E-state index in [2.05, 4.69) is 26.4 Å². The normalized spacial score (nSPS) is 15.7. The first-order valence-corrected chi connectivity index (χ1v) is 11.4. The standard InChI is InChI=1S/C22H21ClN6O2S/c1-13-18(20(30)26-16-10-6-7-14(23)11-16)19(27-21(31)25-13)17-12-24-22(32-2)29(17)28-15-8-4-3-5-9-15/h3-12,19,28H,1-2H3,(H,26,30)(H2,25,27,31). The number of hydrogen-bond acceptors (Lipinski definition) is 5. The van der Waals surface area contributed by atoms with Crippen molar-refractivity contribution in [2.24, 2.45) is 0 Å². The number of benzene rings is 2. The quantitative estimate of drug-likeness (QED) is 0.402. The zero-order valence-corrected chi connectivity index (χ0v) is 18.9. The Morgan fingerprint density at radius 1 is 1.16 bits per heavy atom. The van der Waals surface area contributed by atoms with Gasteiger partial charge in [0.1, 0.15) is 6.04 Å². The third-order valence-corrected chi connectivity index (χ3v) is 5.73. The van der Waals surface area contributed by atoms with E-state index in [0.717, 1.165) is 5.69 Å². The van der Waals surface area contributed by atoms with Crippen LogP contribution in [0.3, 0.4) is 0 Å². The lowest BCUT2D eigenvalue weighted by Crippen LogP contribution is -2.46. The molecule has 164 valence electrons. The number of anilines is 2. The van der Waals surface area contributed by atoms with E-state index in [9.17, 15) is 9.59 Å². The summed E-state index contributed by atoms with van der Waals surface area (Å²) in [6.45, 7) is 1.69. The van der Waals surface area contributed by atoms with Gasteiger partial charge in [0.15, 0.2) is 5.16 Å². The van der Waals surface area contributed by atoms with Crippen molar-refractivity contribution in [2.75, 3.05) is 17.0 Å². The van der Waals surface area contributed by atoms with E-state index in [1.54, 1.807) is 42.1 Å². The van der Waals surface area contributed by atoms with Crippen LogP contribution < -0.4 is 21.4 Å². The average molecular weight is 469 g/mol. The van der Waals surface area contributed by atoms with Gasteiger partial charge in [-0.05, 0) is 43.5 Å². The van der Waals surface area contributed by atoms with E-state index in [1.165, 1.54) is 11.8 Å². The van der Waals surface area contributed by atoms with E-state index in [4.69, 9.17) is 11.6 Å². The second kappa shape index (κ2) is 9.37. The van der Waals surface area contributed by atoms with Crippen LogP contribution in [0.2, 0.25) is 5.02 Å². The average Bonchev–Trinajstić information content (AvgIpc) is 3.16. The molecule has 0 aliphatic carbocycles. The second-order valence-corrected chi connectivity index (χ2v) is 8.23. The van der Waals surface area contributed by atoms with Crippen LogP contribution >= 0.6 is 23.4 Å². The SMILES string of the molecule is CSc1ncc(C2NC(=O)NC(C)=C2C(=O)Nc2cccc(Cl)c2)n1Nc1ccccc1. The van der Waals surface area contributed by atoms with Crippen molar-refractivity contribution in [2.45, 2.75) is 18.1 Å². The van der Waals surface area contributed by atoms with E-state index in [1.807, 2.05) is 36.6 Å². The Labute approximate surface area is 194 Å². The predicted octanol–water partition coefficient (Wildman–Crippen LogP) is 4.40. The number of amides is 3. The van der Waals surface area contributed by atoms with Crippen LogP contribution in [0, 0.1) is 0 Å². The van der Waals surface area contributed by atoms with Gasteiger partial charge >= 0.3 is 6.03 Å². The number of nitrogens with one attached hydrogen (secondary N) is 4. The van der Waals surface area contributed by atoms with Crippen molar-refractivity contribution in [1.82, 2.24) is 20.3 Å². The fraction of sp³-hybridized carbons (Fsp3) is 0.136. The predicted molar refractivity (Wildman–Crippen MR) is 127 cm³/mol. The molecule has 0 spiro atoms. The van der Waals surface area contributed by atoms with E-state index in [0.29, 0.717) is 32.8 Å². The molecule has 2 heterocycles. The van der Waals surface area contributed by atoms with Crippen molar-refractivity contribution in [3.63, 3.8) is 0 Å². The maximum Gasteiger partial charge on any atom is 0.319 e. The number of carbonyl (C=O) groups excluding carboxylic acids is 2. The summed E-state index contributed by atoms with van der Waals surface area (Å²) >= 11 is 7.49. The second-order valence-electron chi connectivity index (χ2n) is 7.02. The first kappa shape index (κ1) is 21.8. The largest absolute Gasteiger partial charge is 0.325 e. The van der Waals surface area contributed by atoms with Crippen molar-refractivity contribution in [3.8, 4) is 0 Å². The molecule has 3 aromatic rings. The Morgan fingerprint density at radius 3 is 2.62 bits per heavy atom. The van der Waals surface area contributed by atoms with Crippen LogP contribution in [0.25, 0.3) is 0 Å². The molecular weight excluding hydrogens is 448 g/mol. The minimum atomic E-state index is -0.729. The van der Waals surface area contributed by atoms with Gasteiger partial charge in [0.25, 0.3) is 5.91 Å². The molecule has 1 aromatic heterocycles. The Balaban J connectivity index is 1.72. The summed E-state index contributed by atoms with van der Waals surface area (Å²) in [5.41, 5.74) is 6.14. The Hall–Kier alpha value is -3.43. The molecule has 0 bridgehead atoms. The van der Waals surface area contributed by atoms with Crippen LogP contribution in [-0.2, 0) is 4.79 Å². The highest BCUT2D eigenvalue weighted by atomic mass is 35.5. The maximum atomic E-state index is 13.3. The van der Waals surface area contributed by atoms with Gasteiger partial charge in [-0.3, -0.25) is 10.2 Å². The number of halogens is 1. The number of aromatic nitrogens is 2. The maximum absolute atomic E-state index is 13.3. The first-order valence-electron chi connectivity index (χ1n) is 9.75. The van der Waals surface area contributed by atoms with Gasteiger partial charge < -0.3 is 16.0 Å². The molecule has 1 unspecified atom stereocenters. The highest BCUT2D eigenvalue weighted by Gasteiger charge is 2.34. The summed E-state index contributed by atoms with van der Waals surface area (Å²) in [6, 6.07) is 15.3. The smallest absolute Gasteiger partial charge is 0.319 e. The molecule has 1 aliphatic heterocycles. The van der Waals surface area contributed by atoms with Crippen molar-refractivity contribution in [3.05, 3.63) is 82.8 Å². The van der Waals surface area contributed by atoms with Gasteiger partial charge in [-0.1, -0.05) is 47.6 Å². The fourth-order valence-corrected chi connectivity index (χ4v) is 4.11. The number of urea groups is 1. The van der Waals surface area contributed by atoms with Crippen LogP contribution in [-0.4, -0.2) is 27.9 Å². The van der Waals surface area contributed by atoms with Gasteiger partial charge in [-0.15, -0.1) is 0 Å². The van der Waals surface area contributed by atoms with Crippen LogP contribution in [0.4, 0.5) is 16.2 Å². The molecule has 4 rings (SSSR count). The van der Waals surface area contributed by atoms with Gasteiger partial charge in [-0.2, -0.15) is 0 Å². The summed E-state index contributed by atoms with van der Waals surface area (Å²) in [4.78, 5) is 30.0. The molecule has 10 heteroatoms. The van der Waals surface area contributed by atoms with Crippen molar-refractivity contribution < 1.29 is 9.59 Å². The number of thioether (sulfide) groups is 1. The molecule has 0 radical (unpaired) electrons. The van der Waals surface area contributed by atoms with Crippen LogP contribution in [0.15, 0.2) is 77.2 Å². The highest BCUT2D eigenvalue weighted by molar-refractivity contribution is 7.98. The minimum absolute atomic E-state index is 0.361. The van der Waals surface area contributed by atoms with Crippen LogP contribution in [0.5, 0.6) is 0 Å². The molecule has 0 saturated heterocycles. The third-order valence-electron chi connectivity index (χ3n) is 4.85. The van der Waals surface area contributed by atoms with E-state index >= 15 is 0 Å². The Morgan fingerprint density at radius 2 is 1.91 bits per heavy atom. The number of allylic oxidation sites excluding steroid dienone is 1. The van der Waals surface area contributed by atoms with Gasteiger partial charge in [0, 0.05) is 16.4 Å². The molecule has 2 aromatic carbocycles. The molecule has 1 atom stereocenters. The van der Waals surface area contributed by atoms with Crippen molar-refractivity contribution in [1.29, 1.82) is 0 Å². The topological polar surface area (TPSA) is 100 Å². The van der Waals surface area contributed by atoms with Crippen molar-refractivity contribution >= 4 is 46.7 Å². The number of rotatable bonds is 6. The molecule has 0 fully saturated rings. The summed E-state index contributed by atoms with van der Waals surface area (Å²) in [5, 5.41) is 9.59. The minimum Gasteiger partial charge on any atom is -0.325 e. The lowest BCUT2D eigenvalue weighted by molar-refractivity contribution is -0.113. The molecule has 3 amide bonds. The summed E-state index contributed by atoms with van der Waals surface area (Å²) in [7, 11) is 0. The van der Waals surface area contributed by atoms with E-state index in [-0.39, 0.29) is 5.91 Å². The zero-order valence-electron chi connectivity index (χ0n) is 17.3. The lowest BCUT2D eigenvalue weighted by Gasteiger charge is -2.29. The molecule has 8 nitrogen and oxygen atoms in total. The number of imidazole rings is 1. The number of para-hydroxylation sites is 1. The van der Waals surface area contributed by atoms with Gasteiger partial charge in [0.05, 0.1) is 23.2 Å². The van der Waals surface area contributed by atoms with Crippen LogP contribution in [0.1, 0.15) is 18.7 Å². The molecular formula is C22H21ClN6O2S. The molecule has 32 heavy (non-hydrogen) atoms.